The molecule has 188 valence electrons. The quantitative estimate of drug-likeness (QED) is 0.387. The van der Waals surface area contributed by atoms with Crippen LogP contribution in [0.1, 0.15) is 59.4 Å². The minimum absolute atomic E-state index is 0.136. The summed E-state index contributed by atoms with van der Waals surface area (Å²) in [5.41, 5.74) is 0.237. The first-order chi connectivity index (χ1) is 16.0. The fourth-order valence-corrected chi connectivity index (χ4v) is 3.97. The molecule has 0 spiro atoms. The lowest BCUT2D eigenvalue weighted by Gasteiger charge is -2.27. The molecule has 8 nitrogen and oxygen atoms in total. The number of piperidine rings is 1. The first-order valence-electron chi connectivity index (χ1n) is 12.2. The van der Waals surface area contributed by atoms with Crippen molar-refractivity contribution < 1.29 is 19.2 Å². The summed E-state index contributed by atoms with van der Waals surface area (Å²) >= 11 is 0. The van der Waals surface area contributed by atoms with E-state index >= 15 is 0 Å². The van der Waals surface area contributed by atoms with E-state index in [2.05, 4.69) is 21.3 Å². The van der Waals surface area contributed by atoms with Gasteiger partial charge in [0.2, 0.25) is 17.6 Å². The van der Waals surface area contributed by atoms with Crippen LogP contribution in [0.25, 0.3) is 0 Å². The van der Waals surface area contributed by atoms with Crippen LogP contribution in [0, 0.1) is 11.8 Å². The predicted octanol–water partition coefficient (Wildman–Crippen LogP) is 1.73. The molecule has 1 aliphatic rings. The molecular weight excluding hydrogens is 432 g/mol. The Morgan fingerprint density at radius 2 is 1.59 bits per heavy atom. The maximum atomic E-state index is 13.3. The molecule has 1 fully saturated rings. The van der Waals surface area contributed by atoms with E-state index in [1.54, 1.807) is 20.8 Å². The largest absolute Gasteiger partial charge is 0.345 e. The van der Waals surface area contributed by atoms with Gasteiger partial charge in [0.05, 0.1) is 0 Å². The van der Waals surface area contributed by atoms with Crippen LogP contribution in [-0.2, 0) is 25.6 Å². The summed E-state index contributed by atoms with van der Waals surface area (Å²) in [5.74, 6) is -2.03. The lowest BCUT2D eigenvalue weighted by atomic mass is 9.95. The van der Waals surface area contributed by atoms with Crippen LogP contribution in [0.2, 0.25) is 0 Å². The number of benzene rings is 1. The minimum Gasteiger partial charge on any atom is -0.345 e. The maximum Gasteiger partial charge on any atom is 0.290 e. The molecule has 1 unspecified atom stereocenters. The van der Waals surface area contributed by atoms with Crippen LogP contribution in [0.3, 0.4) is 0 Å². The molecule has 1 aromatic carbocycles. The minimum atomic E-state index is -1.04. The van der Waals surface area contributed by atoms with Crippen molar-refractivity contribution in [2.75, 3.05) is 13.1 Å². The van der Waals surface area contributed by atoms with E-state index in [0.29, 0.717) is 6.42 Å². The normalized spacial score (nSPS) is 16.4. The third-order valence-electron chi connectivity index (χ3n) is 5.68. The highest BCUT2D eigenvalue weighted by Gasteiger charge is 2.33. The van der Waals surface area contributed by atoms with Gasteiger partial charge in [0.15, 0.2) is 0 Å². The first-order valence-corrected chi connectivity index (χ1v) is 12.2. The van der Waals surface area contributed by atoms with E-state index in [0.717, 1.165) is 31.5 Å². The Bertz CT molecular complexity index is 842. The Kier molecular flexibility index (Phi) is 10.2. The zero-order valence-electron chi connectivity index (χ0n) is 21.1. The third kappa shape index (κ3) is 9.25. The SMILES string of the molecule is CC(C)C[C@H](NC(=O)C1CCNCC1)C(=O)NC(Cc1ccccc1)C(=O)C(=O)NC(C)(C)C. The molecular formula is C26H40N4O4. The number of hydrogen-bond donors (Lipinski definition) is 4. The van der Waals surface area contributed by atoms with Gasteiger partial charge in [-0.2, -0.15) is 0 Å². The highest BCUT2D eigenvalue weighted by atomic mass is 16.2. The van der Waals surface area contributed by atoms with Crippen molar-refractivity contribution in [2.45, 2.75) is 77.9 Å². The Labute approximate surface area is 203 Å². The van der Waals surface area contributed by atoms with E-state index in [-0.39, 0.29) is 24.2 Å². The third-order valence-corrected chi connectivity index (χ3v) is 5.68. The molecule has 0 bridgehead atoms. The molecule has 1 saturated heterocycles. The number of hydrogen-bond acceptors (Lipinski definition) is 5. The van der Waals surface area contributed by atoms with Crippen molar-refractivity contribution >= 4 is 23.5 Å². The summed E-state index contributed by atoms with van der Waals surface area (Å²) < 4.78 is 0. The Hall–Kier alpha value is -2.74. The van der Waals surface area contributed by atoms with Crippen molar-refractivity contribution in [1.82, 2.24) is 21.3 Å². The maximum absolute atomic E-state index is 13.3. The number of Topliss-reactive ketones (excluding diaryl/α,β-unsaturated/α-hetero) is 1. The number of carbonyl (C=O) groups is 4. The van der Waals surface area contributed by atoms with Crippen molar-refractivity contribution in [2.24, 2.45) is 11.8 Å². The molecule has 1 heterocycles. The van der Waals surface area contributed by atoms with Gasteiger partial charge in [0.1, 0.15) is 12.1 Å². The molecule has 34 heavy (non-hydrogen) atoms. The van der Waals surface area contributed by atoms with Crippen molar-refractivity contribution in [1.29, 1.82) is 0 Å². The molecule has 0 aliphatic carbocycles. The standard InChI is InChI=1S/C26H40N4O4/c1-17(2)15-21(29-23(32)19-11-13-27-14-12-19)24(33)28-20(16-18-9-7-6-8-10-18)22(31)25(34)30-26(3,4)5/h6-10,17,19-21,27H,11-16H2,1-5H3,(H,28,33)(H,29,32)(H,30,34)/t20?,21-/m0/s1. The zero-order chi connectivity index (χ0) is 25.3. The summed E-state index contributed by atoms with van der Waals surface area (Å²) in [6.45, 7) is 10.9. The monoisotopic (exact) mass is 472 g/mol. The van der Waals surface area contributed by atoms with Crippen LogP contribution in [0.5, 0.6) is 0 Å². The Morgan fingerprint density at radius 3 is 2.15 bits per heavy atom. The summed E-state index contributed by atoms with van der Waals surface area (Å²) in [4.78, 5) is 51.8. The van der Waals surface area contributed by atoms with Gasteiger partial charge in [0, 0.05) is 17.9 Å². The highest BCUT2D eigenvalue weighted by Crippen LogP contribution is 2.14. The summed E-state index contributed by atoms with van der Waals surface area (Å²) in [6, 6.07) is 7.42. The molecule has 2 atom stereocenters. The van der Waals surface area contributed by atoms with Crippen LogP contribution in [0.4, 0.5) is 0 Å². The second-order valence-corrected chi connectivity index (χ2v) is 10.5. The van der Waals surface area contributed by atoms with E-state index in [9.17, 15) is 19.2 Å². The van der Waals surface area contributed by atoms with Gasteiger partial charge in [0.25, 0.3) is 5.91 Å². The predicted molar refractivity (Wildman–Crippen MR) is 132 cm³/mol. The fraction of sp³-hybridized carbons (Fsp3) is 0.615. The number of rotatable bonds is 10. The molecule has 8 heteroatoms. The Morgan fingerprint density at radius 1 is 0.971 bits per heavy atom. The first kappa shape index (κ1) is 27.5. The van der Waals surface area contributed by atoms with Crippen molar-refractivity contribution in [3.8, 4) is 0 Å². The number of amides is 3. The summed E-state index contributed by atoms with van der Waals surface area (Å²) in [6.07, 6.45) is 2.07. The van der Waals surface area contributed by atoms with Gasteiger partial charge in [-0.15, -0.1) is 0 Å². The summed E-state index contributed by atoms with van der Waals surface area (Å²) in [5, 5.41) is 11.6. The van der Waals surface area contributed by atoms with Crippen LogP contribution in [0.15, 0.2) is 30.3 Å². The number of nitrogens with one attached hydrogen (secondary N) is 4. The number of carbonyl (C=O) groups excluding carboxylic acids is 4. The van der Waals surface area contributed by atoms with Gasteiger partial charge >= 0.3 is 0 Å². The van der Waals surface area contributed by atoms with Gasteiger partial charge in [-0.05, 0) is 64.6 Å². The molecule has 3 amide bonds. The summed E-state index contributed by atoms with van der Waals surface area (Å²) in [7, 11) is 0. The van der Waals surface area contributed by atoms with Crippen LogP contribution in [-0.4, -0.2) is 54.2 Å². The lowest BCUT2D eigenvalue weighted by Crippen LogP contribution is -2.57. The van der Waals surface area contributed by atoms with Gasteiger partial charge < -0.3 is 21.3 Å². The second-order valence-electron chi connectivity index (χ2n) is 10.5. The van der Waals surface area contributed by atoms with Gasteiger partial charge in [-0.3, -0.25) is 19.2 Å². The smallest absolute Gasteiger partial charge is 0.290 e. The van der Waals surface area contributed by atoms with Crippen molar-refractivity contribution in [3.63, 3.8) is 0 Å². The van der Waals surface area contributed by atoms with E-state index in [1.165, 1.54) is 0 Å². The molecule has 0 saturated carbocycles. The lowest BCUT2D eigenvalue weighted by molar-refractivity contribution is -0.141. The average molecular weight is 473 g/mol. The van der Waals surface area contributed by atoms with Gasteiger partial charge in [-0.25, -0.2) is 0 Å². The number of ketones is 1. The molecule has 4 N–H and O–H groups in total. The van der Waals surface area contributed by atoms with Crippen molar-refractivity contribution in [3.05, 3.63) is 35.9 Å². The topological polar surface area (TPSA) is 116 Å². The average Bonchev–Trinajstić information content (AvgIpc) is 2.77. The molecule has 1 aromatic rings. The van der Waals surface area contributed by atoms with E-state index in [4.69, 9.17) is 0 Å². The zero-order valence-corrected chi connectivity index (χ0v) is 21.1. The van der Waals surface area contributed by atoms with E-state index < -0.39 is 35.2 Å². The van der Waals surface area contributed by atoms with E-state index in [1.807, 2.05) is 44.2 Å². The van der Waals surface area contributed by atoms with Crippen LogP contribution < -0.4 is 21.3 Å². The second kappa shape index (κ2) is 12.6. The van der Waals surface area contributed by atoms with Gasteiger partial charge in [-0.1, -0.05) is 44.2 Å². The molecule has 2 rings (SSSR count). The molecule has 0 radical (unpaired) electrons. The fourth-order valence-electron chi connectivity index (χ4n) is 3.97. The Balaban J connectivity index is 2.18. The molecule has 0 aromatic heterocycles. The van der Waals surface area contributed by atoms with Crippen LogP contribution >= 0.6 is 0 Å². The molecule has 1 aliphatic heterocycles. The highest BCUT2D eigenvalue weighted by molar-refractivity contribution is 6.38.